The zero-order valence-corrected chi connectivity index (χ0v) is 16.3. The summed E-state index contributed by atoms with van der Waals surface area (Å²) in [6, 6.07) is 11.5. The van der Waals surface area contributed by atoms with Crippen molar-refractivity contribution in [3.63, 3.8) is 0 Å². The van der Waals surface area contributed by atoms with Gasteiger partial charge in [0.05, 0.1) is 29.5 Å². The number of anilines is 1. The molecule has 0 spiro atoms. The molecule has 0 saturated heterocycles. The summed E-state index contributed by atoms with van der Waals surface area (Å²) in [5.74, 6) is -0.183. The Morgan fingerprint density at radius 2 is 1.82 bits per heavy atom. The Morgan fingerprint density at radius 3 is 2.46 bits per heavy atom. The molecule has 3 aromatic heterocycles. The quantitative estimate of drug-likeness (QED) is 0.584. The number of carbonyl (C=O) groups is 1. The Balaban J connectivity index is 1.53. The monoisotopic (exact) mass is 374 g/mol. The predicted octanol–water partition coefficient (Wildman–Crippen LogP) is 4.07. The molecule has 0 aliphatic rings. The summed E-state index contributed by atoms with van der Waals surface area (Å²) in [5, 5.41) is 12.6. The Labute approximate surface area is 163 Å². The zero-order valence-electron chi connectivity index (χ0n) is 16.3. The third-order valence-corrected chi connectivity index (χ3v) is 4.56. The molecule has 7 heteroatoms. The first-order valence-electron chi connectivity index (χ1n) is 9.20. The number of rotatable bonds is 4. The normalized spacial score (nSPS) is 11.3. The summed E-state index contributed by atoms with van der Waals surface area (Å²) in [5.41, 5.74) is 4.96. The van der Waals surface area contributed by atoms with Crippen LogP contribution in [0.5, 0.6) is 0 Å². The van der Waals surface area contributed by atoms with Crippen LogP contribution in [0, 0.1) is 13.8 Å². The van der Waals surface area contributed by atoms with Gasteiger partial charge in [0.1, 0.15) is 0 Å². The largest absolute Gasteiger partial charge is 0.321 e. The van der Waals surface area contributed by atoms with Gasteiger partial charge < -0.3 is 5.32 Å². The van der Waals surface area contributed by atoms with Crippen LogP contribution in [-0.4, -0.2) is 30.5 Å². The second kappa shape index (κ2) is 6.92. The summed E-state index contributed by atoms with van der Waals surface area (Å²) in [6.07, 6.45) is 3.42. The van der Waals surface area contributed by atoms with Gasteiger partial charge in [0.25, 0.3) is 5.91 Å². The molecule has 0 bridgehead atoms. The lowest BCUT2D eigenvalue weighted by molar-refractivity contribution is 0.102. The summed E-state index contributed by atoms with van der Waals surface area (Å²) >= 11 is 0. The van der Waals surface area contributed by atoms with Gasteiger partial charge in [-0.2, -0.15) is 10.2 Å². The van der Waals surface area contributed by atoms with Crippen molar-refractivity contribution < 1.29 is 4.79 Å². The Bertz CT molecular complexity index is 1150. The molecule has 1 amide bonds. The molecule has 0 saturated carbocycles. The number of benzene rings is 1. The van der Waals surface area contributed by atoms with Crippen molar-refractivity contribution in [1.29, 1.82) is 0 Å². The Kier molecular flexibility index (Phi) is 4.43. The number of nitrogens with one attached hydrogen (secondary N) is 1. The first-order chi connectivity index (χ1) is 13.4. The van der Waals surface area contributed by atoms with Gasteiger partial charge in [0.2, 0.25) is 0 Å². The van der Waals surface area contributed by atoms with Crippen molar-refractivity contribution in [2.24, 2.45) is 0 Å². The molecule has 4 rings (SSSR count). The molecule has 0 aliphatic carbocycles. The van der Waals surface area contributed by atoms with Crippen LogP contribution in [-0.2, 0) is 0 Å². The van der Waals surface area contributed by atoms with Crippen LogP contribution >= 0.6 is 0 Å². The topological polar surface area (TPSA) is 77.6 Å². The van der Waals surface area contributed by atoms with E-state index in [1.807, 2.05) is 47.5 Å². The second-order valence-corrected chi connectivity index (χ2v) is 7.16. The standard InChI is InChI=1S/C21H22N6O/c1-13(2)26-20-17(11-23-26)10-18(12-22-20)24-21(28)16-5-7-19(8-6-16)27-15(4)9-14(3)25-27/h5-13H,1-4H3,(H,24,28). The van der Waals surface area contributed by atoms with Gasteiger partial charge in [0.15, 0.2) is 5.65 Å². The molecule has 0 unspecified atom stereocenters. The molecule has 1 N–H and O–H groups in total. The van der Waals surface area contributed by atoms with Crippen LogP contribution in [0.2, 0.25) is 0 Å². The number of hydrogen-bond donors (Lipinski definition) is 1. The van der Waals surface area contributed by atoms with E-state index in [0.717, 1.165) is 28.1 Å². The number of carbonyl (C=O) groups excluding carboxylic acids is 1. The van der Waals surface area contributed by atoms with Crippen molar-refractivity contribution in [3.05, 3.63) is 65.7 Å². The number of nitrogens with zero attached hydrogens (tertiary/aromatic N) is 5. The minimum Gasteiger partial charge on any atom is -0.321 e. The molecule has 0 radical (unpaired) electrons. The highest BCUT2D eigenvalue weighted by molar-refractivity contribution is 6.04. The van der Waals surface area contributed by atoms with Gasteiger partial charge in [-0.05, 0) is 64.1 Å². The molecule has 3 heterocycles. The fourth-order valence-corrected chi connectivity index (χ4v) is 3.23. The van der Waals surface area contributed by atoms with E-state index in [1.54, 1.807) is 24.5 Å². The van der Waals surface area contributed by atoms with E-state index >= 15 is 0 Å². The van der Waals surface area contributed by atoms with Crippen LogP contribution < -0.4 is 5.32 Å². The fraction of sp³-hybridized carbons (Fsp3) is 0.238. The third kappa shape index (κ3) is 3.26. The molecule has 0 atom stereocenters. The summed E-state index contributed by atoms with van der Waals surface area (Å²) in [4.78, 5) is 17.0. The highest BCUT2D eigenvalue weighted by Crippen LogP contribution is 2.20. The van der Waals surface area contributed by atoms with Crippen molar-refractivity contribution >= 4 is 22.6 Å². The van der Waals surface area contributed by atoms with Crippen molar-refractivity contribution in [2.75, 3.05) is 5.32 Å². The lowest BCUT2D eigenvalue weighted by Gasteiger charge is -2.09. The number of pyridine rings is 1. The van der Waals surface area contributed by atoms with E-state index in [2.05, 4.69) is 34.3 Å². The smallest absolute Gasteiger partial charge is 0.255 e. The molecule has 142 valence electrons. The van der Waals surface area contributed by atoms with E-state index < -0.39 is 0 Å². The van der Waals surface area contributed by atoms with E-state index in [9.17, 15) is 4.79 Å². The lowest BCUT2D eigenvalue weighted by atomic mass is 10.2. The molecular weight excluding hydrogens is 352 g/mol. The van der Waals surface area contributed by atoms with Crippen LogP contribution in [0.3, 0.4) is 0 Å². The minimum absolute atomic E-state index is 0.183. The summed E-state index contributed by atoms with van der Waals surface area (Å²) in [7, 11) is 0. The van der Waals surface area contributed by atoms with Crippen molar-refractivity contribution in [2.45, 2.75) is 33.7 Å². The highest BCUT2D eigenvalue weighted by Gasteiger charge is 2.11. The minimum atomic E-state index is -0.183. The summed E-state index contributed by atoms with van der Waals surface area (Å²) < 4.78 is 3.72. The van der Waals surface area contributed by atoms with E-state index in [-0.39, 0.29) is 11.9 Å². The predicted molar refractivity (Wildman–Crippen MR) is 109 cm³/mol. The number of aryl methyl sites for hydroxylation is 2. The van der Waals surface area contributed by atoms with E-state index in [0.29, 0.717) is 11.3 Å². The average Bonchev–Trinajstić information content (AvgIpc) is 3.24. The van der Waals surface area contributed by atoms with Gasteiger partial charge in [-0.1, -0.05) is 0 Å². The van der Waals surface area contributed by atoms with Gasteiger partial charge in [0, 0.05) is 22.7 Å². The molecule has 1 aromatic carbocycles. The van der Waals surface area contributed by atoms with Crippen LogP contribution in [0.1, 0.15) is 41.6 Å². The van der Waals surface area contributed by atoms with Crippen LogP contribution in [0.15, 0.2) is 48.8 Å². The third-order valence-electron chi connectivity index (χ3n) is 4.56. The lowest BCUT2D eigenvalue weighted by Crippen LogP contribution is -2.12. The molecular formula is C21H22N6O. The maximum absolute atomic E-state index is 12.6. The van der Waals surface area contributed by atoms with Crippen molar-refractivity contribution in [3.8, 4) is 5.69 Å². The average molecular weight is 374 g/mol. The number of amides is 1. The SMILES string of the molecule is Cc1cc(C)n(-c2ccc(C(=O)Nc3cnc4c(cnn4C(C)C)c3)cc2)n1. The highest BCUT2D eigenvalue weighted by atomic mass is 16.1. The maximum atomic E-state index is 12.6. The molecule has 0 aliphatic heterocycles. The number of aromatic nitrogens is 5. The maximum Gasteiger partial charge on any atom is 0.255 e. The van der Waals surface area contributed by atoms with Crippen LogP contribution in [0.4, 0.5) is 5.69 Å². The fourth-order valence-electron chi connectivity index (χ4n) is 3.23. The van der Waals surface area contributed by atoms with Gasteiger partial charge in [-0.3, -0.25) is 4.79 Å². The molecule has 28 heavy (non-hydrogen) atoms. The van der Waals surface area contributed by atoms with Gasteiger partial charge in [-0.15, -0.1) is 0 Å². The molecule has 4 aromatic rings. The first kappa shape index (κ1) is 17.9. The number of fused-ring (bicyclic) bond motifs is 1. The van der Waals surface area contributed by atoms with Gasteiger partial charge in [-0.25, -0.2) is 14.3 Å². The zero-order chi connectivity index (χ0) is 19.8. The van der Waals surface area contributed by atoms with Crippen LogP contribution in [0.25, 0.3) is 16.7 Å². The Morgan fingerprint density at radius 1 is 1.07 bits per heavy atom. The number of hydrogen-bond acceptors (Lipinski definition) is 4. The van der Waals surface area contributed by atoms with E-state index in [1.165, 1.54) is 0 Å². The first-order valence-corrected chi connectivity index (χ1v) is 9.20. The van der Waals surface area contributed by atoms with Crippen molar-refractivity contribution in [1.82, 2.24) is 24.5 Å². The molecule has 7 nitrogen and oxygen atoms in total. The molecule has 0 fully saturated rings. The summed E-state index contributed by atoms with van der Waals surface area (Å²) in [6.45, 7) is 8.07. The second-order valence-electron chi connectivity index (χ2n) is 7.16. The Hall–Kier alpha value is -3.48. The van der Waals surface area contributed by atoms with E-state index in [4.69, 9.17) is 0 Å². The van der Waals surface area contributed by atoms with Gasteiger partial charge >= 0.3 is 0 Å².